The zero-order valence-electron chi connectivity index (χ0n) is 18.5. The Kier molecular flexibility index (Phi) is 7.18. The highest BCUT2D eigenvalue weighted by molar-refractivity contribution is 7.89. The average molecular weight is 443 g/mol. The van der Waals surface area contributed by atoms with E-state index in [9.17, 15) is 13.2 Å². The lowest BCUT2D eigenvalue weighted by Crippen LogP contribution is -2.31. The first-order valence-electron chi connectivity index (χ1n) is 10.4. The zero-order chi connectivity index (χ0) is 22.6. The first kappa shape index (κ1) is 23.0. The molecule has 0 heterocycles. The second-order valence-electron chi connectivity index (χ2n) is 8.04. The summed E-state index contributed by atoms with van der Waals surface area (Å²) in [5.41, 5.74) is 2.99. The van der Waals surface area contributed by atoms with Gasteiger partial charge in [-0.3, -0.25) is 4.79 Å². The van der Waals surface area contributed by atoms with Gasteiger partial charge in [0, 0.05) is 18.7 Å². The molecule has 0 atom stereocenters. The number of rotatable bonds is 9. The summed E-state index contributed by atoms with van der Waals surface area (Å²) in [6.07, 6.45) is 5.18. The summed E-state index contributed by atoms with van der Waals surface area (Å²) in [6.45, 7) is 4.88. The van der Waals surface area contributed by atoms with Gasteiger partial charge in [0.25, 0.3) is 0 Å². The van der Waals surface area contributed by atoms with E-state index in [1.807, 2.05) is 4.90 Å². The van der Waals surface area contributed by atoms with E-state index >= 15 is 0 Å². The molecule has 1 aliphatic carbocycles. The van der Waals surface area contributed by atoms with Crippen molar-refractivity contribution in [3.63, 3.8) is 0 Å². The summed E-state index contributed by atoms with van der Waals surface area (Å²) in [5, 5.41) is 0. The Hall–Kier alpha value is -2.64. The molecule has 0 aliphatic heterocycles. The topological polar surface area (TPSA) is 75.7 Å². The van der Waals surface area contributed by atoms with Gasteiger partial charge in [-0.25, -0.2) is 13.1 Å². The molecule has 2 aromatic rings. The van der Waals surface area contributed by atoms with Crippen LogP contribution < -0.4 is 9.46 Å². The third-order valence-corrected chi connectivity index (χ3v) is 6.87. The van der Waals surface area contributed by atoms with Gasteiger partial charge in [-0.1, -0.05) is 44.2 Å². The molecule has 0 radical (unpaired) electrons. The smallest absolute Gasteiger partial charge is 0.247 e. The summed E-state index contributed by atoms with van der Waals surface area (Å²) in [6, 6.07) is 13.5. The van der Waals surface area contributed by atoms with E-state index in [4.69, 9.17) is 4.74 Å². The van der Waals surface area contributed by atoms with Crippen molar-refractivity contribution >= 4 is 22.0 Å². The highest BCUT2D eigenvalue weighted by Gasteiger charge is 2.31. The number of carbonyl (C=O) groups is 1. The van der Waals surface area contributed by atoms with E-state index in [0.717, 1.165) is 18.4 Å². The fourth-order valence-corrected chi connectivity index (χ4v) is 4.29. The molecule has 0 bridgehead atoms. The lowest BCUT2D eigenvalue weighted by atomic mass is 10.0. The van der Waals surface area contributed by atoms with Crippen LogP contribution in [0.15, 0.2) is 53.4 Å². The summed E-state index contributed by atoms with van der Waals surface area (Å²) in [5.74, 6) is 0.644. The number of hydrogen-bond acceptors (Lipinski definition) is 4. The van der Waals surface area contributed by atoms with E-state index in [1.165, 1.54) is 31.9 Å². The minimum atomic E-state index is -3.68. The molecule has 2 aromatic carbocycles. The van der Waals surface area contributed by atoms with Crippen molar-refractivity contribution in [3.8, 4) is 5.75 Å². The van der Waals surface area contributed by atoms with Crippen LogP contribution in [0, 0.1) is 0 Å². The Morgan fingerprint density at radius 1 is 1.19 bits per heavy atom. The number of nitrogens with one attached hydrogen (secondary N) is 1. The number of benzene rings is 2. The van der Waals surface area contributed by atoms with Gasteiger partial charge in [-0.2, -0.15) is 0 Å². The van der Waals surface area contributed by atoms with Gasteiger partial charge < -0.3 is 9.64 Å². The predicted octanol–water partition coefficient (Wildman–Crippen LogP) is 3.93. The average Bonchev–Trinajstić information content (AvgIpc) is 3.61. The Morgan fingerprint density at radius 2 is 1.87 bits per heavy atom. The van der Waals surface area contributed by atoms with Crippen LogP contribution in [0.25, 0.3) is 6.08 Å². The van der Waals surface area contributed by atoms with Gasteiger partial charge in [0.15, 0.2) is 0 Å². The van der Waals surface area contributed by atoms with Crippen LogP contribution in [0.4, 0.5) is 0 Å². The molecular formula is C24H30N2O4S. The minimum Gasteiger partial charge on any atom is -0.495 e. The van der Waals surface area contributed by atoms with Crippen molar-refractivity contribution in [1.82, 2.24) is 9.62 Å². The van der Waals surface area contributed by atoms with Crippen LogP contribution in [0.1, 0.15) is 49.3 Å². The molecule has 3 rings (SSSR count). The van der Waals surface area contributed by atoms with Crippen LogP contribution in [0.5, 0.6) is 5.75 Å². The lowest BCUT2D eigenvalue weighted by Gasteiger charge is -2.21. The Morgan fingerprint density at radius 3 is 2.42 bits per heavy atom. The lowest BCUT2D eigenvalue weighted by molar-refractivity contribution is -0.127. The quantitative estimate of drug-likeness (QED) is 0.597. The number of hydrogen-bond donors (Lipinski definition) is 1. The van der Waals surface area contributed by atoms with Crippen LogP contribution >= 0.6 is 0 Å². The summed E-state index contributed by atoms with van der Waals surface area (Å²) in [7, 11) is -0.906. The highest BCUT2D eigenvalue weighted by atomic mass is 32.2. The Balaban J connectivity index is 1.77. The van der Waals surface area contributed by atoms with Gasteiger partial charge in [-0.05, 0) is 60.7 Å². The second-order valence-corrected chi connectivity index (χ2v) is 9.90. The van der Waals surface area contributed by atoms with Gasteiger partial charge in [0.2, 0.25) is 15.9 Å². The largest absolute Gasteiger partial charge is 0.495 e. The molecular weight excluding hydrogens is 412 g/mol. The Labute approximate surface area is 185 Å². The predicted molar refractivity (Wildman–Crippen MR) is 122 cm³/mol. The molecule has 0 spiro atoms. The fraction of sp³-hybridized carbons (Fsp3) is 0.375. The number of carbonyl (C=O) groups excluding carboxylic acids is 1. The number of ether oxygens (including phenoxy) is 1. The van der Waals surface area contributed by atoms with Crippen molar-refractivity contribution in [2.75, 3.05) is 14.2 Å². The van der Waals surface area contributed by atoms with E-state index in [2.05, 4.69) is 42.8 Å². The highest BCUT2D eigenvalue weighted by Crippen LogP contribution is 2.29. The van der Waals surface area contributed by atoms with Gasteiger partial charge in [-0.15, -0.1) is 0 Å². The molecule has 1 amide bonds. The SMILES string of the molecule is CNS(=O)(=O)c1cc(/C=C/C(=O)N(Cc2ccc(C(C)C)cc2)C2CC2)ccc1OC. The van der Waals surface area contributed by atoms with Crippen molar-refractivity contribution in [2.45, 2.75) is 50.1 Å². The summed E-state index contributed by atoms with van der Waals surface area (Å²) in [4.78, 5) is 14.8. The Bertz CT molecular complexity index is 1060. The maximum atomic E-state index is 12.9. The second kappa shape index (κ2) is 9.66. The first-order chi connectivity index (χ1) is 14.7. The molecule has 1 saturated carbocycles. The summed E-state index contributed by atoms with van der Waals surface area (Å²) < 4.78 is 32.0. The molecule has 1 aliphatic rings. The number of methoxy groups -OCH3 is 1. The third-order valence-electron chi connectivity index (χ3n) is 5.43. The molecule has 1 fully saturated rings. The maximum absolute atomic E-state index is 12.9. The van der Waals surface area contributed by atoms with Crippen LogP contribution in [-0.2, 0) is 21.4 Å². The number of nitrogens with zero attached hydrogens (tertiary/aromatic N) is 1. The van der Waals surface area contributed by atoms with Crippen LogP contribution in [0.3, 0.4) is 0 Å². The molecule has 1 N–H and O–H groups in total. The fourth-order valence-electron chi connectivity index (χ4n) is 3.36. The molecule has 6 nitrogen and oxygen atoms in total. The van der Waals surface area contributed by atoms with Gasteiger partial charge >= 0.3 is 0 Å². The van der Waals surface area contributed by atoms with E-state index in [0.29, 0.717) is 18.0 Å². The van der Waals surface area contributed by atoms with Crippen molar-refractivity contribution < 1.29 is 17.9 Å². The normalized spacial score (nSPS) is 14.2. The van der Waals surface area contributed by atoms with E-state index in [-0.39, 0.29) is 22.6 Å². The van der Waals surface area contributed by atoms with Crippen LogP contribution in [0.2, 0.25) is 0 Å². The first-order valence-corrected chi connectivity index (χ1v) is 11.9. The standard InChI is InChI=1S/C24H30N2O4S/c1-17(2)20-9-5-19(6-10-20)16-26(21-11-12-21)24(27)14-8-18-7-13-22(30-4)23(15-18)31(28,29)25-3/h5-10,13-15,17,21,25H,11-12,16H2,1-4H3/b14-8+. The number of sulfonamides is 1. The van der Waals surface area contributed by atoms with Crippen molar-refractivity contribution in [1.29, 1.82) is 0 Å². The van der Waals surface area contributed by atoms with E-state index in [1.54, 1.807) is 18.2 Å². The molecule has 0 aromatic heterocycles. The van der Waals surface area contributed by atoms with E-state index < -0.39 is 10.0 Å². The molecule has 0 unspecified atom stereocenters. The molecule has 166 valence electrons. The van der Waals surface area contributed by atoms with Crippen LogP contribution in [-0.4, -0.2) is 39.4 Å². The van der Waals surface area contributed by atoms with Crippen molar-refractivity contribution in [2.24, 2.45) is 0 Å². The monoisotopic (exact) mass is 442 g/mol. The zero-order valence-corrected chi connectivity index (χ0v) is 19.3. The maximum Gasteiger partial charge on any atom is 0.247 e. The van der Waals surface area contributed by atoms with Gasteiger partial charge in [0.05, 0.1) is 7.11 Å². The molecule has 0 saturated heterocycles. The minimum absolute atomic E-state index is 0.0383. The molecule has 7 heteroatoms. The third kappa shape index (κ3) is 5.74. The summed E-state index contributed by atoms with van der Waals surface area (Å²) >= 11 is 0. The number of amides is 1. The molecule has 31 heavy (non-hydrogen) atoms. The van der Waals surface area contributed by atoms with Gasteiger partial charge in [0.1, 0.15) is 10.6 Å². The van der Waals surface area contributed by atoms with Crippen molar-refractivity contribution in [3.05, 3.63) is 65.2 Å².